The summed E-state index contributed by atoms with van der Waals surface area (Å²) in [5.41, 5.74) is 10.4. The van der Waals surface area contributed by atoms with Gasteiger partial charge in [0.2, 0.25) is 0 Å². The van der Waals surface area contributed by atoms with E-state index in [-0.39, 0.29) is 33.6 Å². The first-order valence-corrected chi connectivity index (χ1v) is 12.1. The smallest absolute Gasteiger partial charge is 0.383 e. The minimum atomic E-state index is -4.72. The number of allylic oxidation sites excluding steroid dienone is 1. The Kier molecular flexibility index (Phi) is 7.47. The highest BCUT2D eigenvalue weighted by Gasteiger charge is 2.39. The largest absolute Gasteiger partial charge is 0.399 e. The maximum atomic E-state index is 14.3. The van der Waals surface area contributed by atoms with Gasteiger partial charge in [0.15, 0.2) is 0 Å². The zero-order chi connectivity index (χ0) is 27.8. The van der Waals surface area contributed by atoms with Gasteiger partial charge in [-0.3, -0.25) is 9.13 Å². The molecule has 196 valence electrons. The number of nitrogens with zero attached hydrogens (tertiary/aromatic N) is 4. The van der Waals surface area contributed by atoms with Crippen LogP contribution in [0.5, 0.6) is 0 Å². The molecule has 0 amide bonds. The minimum absolute atomic E-state index is 0.0723. The van der Waals surface area contributed by atoms with Crippen molar-refractivity contribution in [1.82, 2.24) is 19.1 Å². The quantitative estimate of drug-likeness (QED) is 0.328. The second kappa shape index (κ2) is 10.5. The van der Waals surface area contributed by atoms with Crippen LogP contribution >= 0.6 is 27.5 Å². The number of rotatable bonds is 5. The molecule has 0 aliphatic heterocycles. The van der Waals surface area contributed by atoms with Crippen LogP contribution in [0.4, 0.5) is 24.8 Å². The first-order chi connectivity index (χ1) is 17.8. The fraction of sp³-hybridized carbons (Fsp3) is 0.120. The van der Waals surface area contributed by atoms with E-state index >= 15 is 0 Å². The average molecular weight is 608 g/mol. The SMILES string of the molecule is Cc1ccc(/C=C/C(c2cc(Cl)c(-n3ccc(N)nc3=O)c(-n3ccc(N)nc3=O)c2)C(F)(F)F)cc1Br. The molecule has 1 atom stereocenters. The van der Waals surface area contributed by atoms with E-state index < -0.39 is 23.5 Å². The first-order valence-electron chi connectivity index (χ1n) is 10.9. The topological polar surface area (TPSA) is 122 Å². The Bertz CT molecular complexity index is 1680. The van der Waals surface area contributed by atoms with Crippen LogP contribution < -0.4 is 22.8 Å². The van der Waals surface area contributed by atoms with E-state index in [1.54, 1.807) is 18.2 Å². The van der Waals surface area contributed by atoms with Gasteiger partial charge in [0.25, 0.3) is 0 Å². The van der Waals surface area contributed by atoms with Gasteiger partial charge in [0.1, 0.15) is 11.6 Å². The zero-order valence-corrected chi connectivity index (χ0v) is 21.9. The Hall–Kier alpha value is -3.90. The van der Waals surface area contributed by atoms with Gasteiger partial charge in [0, 0.05) is 16.9 Å². The van der Waals surface area contributed by atoms with E-state index in [1.807, 2.05) is 6.92 Å². The predicted octanol–water partition coefficient (Wildman–Crippen LogP) is 5.03. The molecule has 4 aromatic rings. The van der Waals surface area contributed by atoms with Crippen molar-refractivity contribution in [2.45, 2.75) is 19.0 Å². The van der Waals surface area contributed by atoms with Crippen molar-refractivity contribution in [3.8, 4) is 11.4 Å². The highest BCUT2D eigenvalue weighted by molar-refractivity contribution is 9.10. The molecule has 0 fully saturated rings. The van der Waals surface area contributed by atoms with E-state index in [1.165, 1.54) is 30.6 Å². The van der Waals surface area contributed by atoms with Crippen LogP contribution in [-0.4, -0.2) is 25.3 Å². The number of nitrogens with two attached hydrogens (primary N) is 2. The maximum Gasteiger partial charge on any atom is 0.399 e. The Balaban J connectivity index is 1.96. The number of anilines is 2. The van der Waals surface area contributed by atoms with E-state index in [0.717, 1.165) is 37.4 Å². The highest BCUT2D eigenvalue weighted by Crippen LogP contribution is 2.40. The molecule has 0 spiro atoms. The number of aryl methyl sites for hydroxylation is 1. The number of halogens is 5. The number of hydrogen-bond donors (Lipinski definition) is 2. The zero-order valence-electron chi connectivity index (χ0n) is 19.6. The molecular weight excluding hydrogens is 589 g/mol. The summed E-state index contributed by atoms with van der Waals surface area (Å²) in [6, 6.07) is 9.96. The number of nitrogen functional groups attached to an aromatic ring is 2. The van der Waals surface area contributed by atoms with Gasteiger partial charge in [-0.15, -0.1) is 0 Å². The molecule has 0 aliphatic carbocycles. The number of hydrogen-bond acceptors (Lipinski definition) is 6. The van der Waals surface area contributed by atoms with Crippen molar-refractivity contribution < 1.29 is 13.2 Å². The number of benzene rings is 2. The van der Waals surface area contributed by atoms with E-state index in [9.17, 15) is 22.8 Å². The van der Waals surface area contributed by atoms with Crippen molar-refractivity contribution in [1.29, 1.82) is 0 Å². The van der Waals surface area contributed by atoms with Crippen molar-refractivity contribution >= 4 is 45.2 Å². The third-order valence-corrected chi connectivity index (χ3v) is 6.75. The van der Waals surface area contributed by atoms with Crippen LogP contribution in [0, 0.1) is 6.92 Å². The van der Waals surface area contributed by atoms with Crippen LogP contribution in [0.1, 0.15) is 22.6 Å². The summed E-state index contributed by atoms with van der Waals surface area (Å²) in [5.74, 6) is -2.27. The summed E-state index contributed by atoms with van der Waals surface area (Å²) in [4.78, 5) is 32.6. The molecule has 38 heavy (non-hydrogen) atoms. The molecule has 2 heterocycles. The number of aromatic nitrogens is 4. The second-order valence-electron chi connectivity index (χ2n) is 8.27. The highest BCUT2D eigenvalue weighted by atomic mass is 79.9. The lowest BCUT2D eigenvalue weighted by atomic mass is 9.95. The molecular formula is C25H19BrClF3N6O2. The van der Waals surface area contributed by atoms with Crippen molar-refractivity contribution in [2.24, 2.45) is 0 Å². The van der Waals surface area contributed by atoms with Crippen LogP contribution in [0.25, 0.3) is 17.5 Å². The van der Waals surface area contributed by atoms with Crippen LogP contribution in [-0.2, 0) is 0 Å². The molecule has 13 heteroatoms. The van der Waals surface area contributed by atoms with Gasteiger partial charge in [-0.1, -0.05) is 51.8 Å². The van der Waals surface area contributed by atoms with Crippen molar-refractivity contribution in [3.63, 3.8) is 0 Å². The van der Waals surface area contributed by atoms with Gasteiger partial charge >= 0.3 is 17.6 Å². The fourth-order valence-corrected chi connectivity index (χ4v) is 4.43. The average Bonchev–Trinajstić information content (AvgIpc) is 2.81. The van der Waals surface area contributed by atoms with Gasteiger partial charge in [-0.2, -0.15) is 23.1 Å². The summed E-state index contributed by atoms with van der Waals surface area (Å²) >= 11 is 9.86. The molecule has 0 radical (unpaired) electrons. The number of alkyl halides is 3. The second-order valence-corrected chi connectivity index (χ2v) is 9.53. The Labute approximate surface area is 227 Å². The minimum Gasteiger partial charge on any atom is -0.383 e. The molecule has 0 saturated heterocycles. The normalized spacial score (nSPS) is 12.7. The van der Waals surface area contributed by atoms with Crippen LogP contribution in [0.3, 0.4) is 0 Å². The summed E-state index contributed by atoms with van der Waals surface area (Å²) in [5, 5.41) is -0.240. The molecule has 4 rings (SSSR count). The van der Waals surface area contributed by atoms with Crippen molar-refractivity contribution in [3.05, 3.63) is 108 Å². The third kappa shape index (κ3) is 5.65. The Morgan fingerprint density at radius 1 is 0.974 bits per heavy atom. The molecule has 1 unspecified atom stereocenters. The van der Waals surface area contributed by atoms with Gasteiger partial charge in [-0.05, 0) is 53.9 Å². The Morgan fingerprint density at radius 2 is 1.58 bits per heavy atom. The third-order valence-electron chi connectivity index (χ3n) is 5.61. The van der Waals surface area contributed by atoms with E-state index in [4.69, 9.17) is 23.1 Å². The first kappa shape index (κ1) is 27.1. The molecule has 8 nitrogen and oxygen atoms in total. The monoisotopic (exact) mass is 606 g/mol. The van der Waals surface area contributed by atoms with Gasteiger partial charge < -0.3 is 11.5 Å². The van der Waals surface area contributed by atoms with Gasteiger partial charge in [-0.25, -0.2) is 9.59 Å². The maximum absolute atomic E-state index is 14.3. The summed E-state index contributed by atoms with van der Waals surface area (Å²) in [6.07, 6.45) is 0.0929. The fourth-order valence-electron chi connectivity index (χ4n) is 3.72. The summed E-state index contributed by atoms with van der Waals surface area (Å²) in [6.45, 7) is 1.86. The molecule has 4 N–H and O–H groups in total. The lowest BCUT2D eigenvalue weighted by Gasteiger charge is -2.22. The standard InChI is InChI=1S/C25H19BrClF3N6O2/c1-13-2-3-14(10-17(13)26)4-5-16(25(28,29)30)15-11-18(27)22(36-9-7-21(32)34-24(36)38)19(12-15)35-8-6-20(31)33-23(35)37/h2-12,16H,1H3,(H2,31,33,37)(H2,32,34,38)/b5-4+. The van der Waals surface area contributed by atoms with Crippen molar-refractivity contribution in [2.75, 3.05) is 11.5 Å². The summed E-state index contributed by atoms with van der Waals surface area (Å²) < 4.78 is 45.6. The van der Waals surface area contributed by atoms with Crippen LogP contribution in [0.2, 0.25) is 5.02 Å². The summed E-state index contributed by atoms with van der Waals surface area (Å²) in [7, 11) is 0. The Morgan fingerprint density at radius 3 is 2.13 bits per heavy atom. The molecule has 2 aromatic heterocycles. The van der Waals surface area contributed by atoms with Crippen LogP contribution in [0.15, 0.2) is 75.0 Å². The predicted molar refractivity (Wildman–Crippen MR) is 144 cm³/mol. The molecule has 0 aliphatic rings. The lowest BCUT2D eigenvalue weighted by molar-refractivity contribution is -0.139. The molecule has 0 bridgehead atoms. The molecule has 0 saturated carbocycles. The van der Waals surface area contributed by atoms with E-state index in [2.05, 4.69) is 25.9 Å². The van der Waals surface area contributed by atoms with E-state index in [0.29, 0.717) is 5.56 Å². The lowest BCUT2D eigenvalue weighted by Crippen LogP contribution is -2.27. The van der Waals surface area contributed by atoms with Gasteiger partial charge in [0.05, 0.1) is 22.3 Å². The molecule has 2 aromatic carbocycles.